The number of ether oxygens (including phenoxy) is 3. The minimum atomic E-state index is 0.730. The van der Waals surface area contributed by atoms with Gasteiger partial charge in [-0.25, -0.2) is 9.97 Å². The molecule has 3 rings (SSSR count). The number of rotatable bonds is 7. The number of anilines is 1. The molecule has 0 radical (unpaired) electrons. The quantitative estimate of drug-likeness (QED) is 0.712. The summed E-state index contributed by atoms with van der Waals surface area (Å²) in [5, 5.41) is 4.31. The molecule has 0 aliphatic carbocycles. The molecular formula is C19H21N3O3. The van der Waals surface area contributed by atoms with Crippen molar-refractivity contribution in [1.82, 2.24) is 9.97 Å². The average Bonchev–Trinajstić information content (AvgIpc) is 2.67. The number of benzene rings is 2. The summed E-state index contributed by atoms with van der Waals surface area (Å²) in [6, 6.07) is 11.7. The molecule has 1 N–H and O–H groups in total. The molecule has 0 saturated heterocycles. The number of methoxy groups -OCH3 is 3. The van der Waals surface area contributed by atoms with Crippen molar-refractivity contribution in [3.05, 3.63) is 48.3 Å². The van der Waals surface area contributed by atoms with E-state index in [-0.39, 0.29) is 0 Å². The van der Waals surface area contributed by atoms with Crippen molar-refractivity contribution >= 4 is 16.7 Å². The molecule has 0 aliphatic rings. The third-order valence-corrected chi connectivity index (χ3v) is 4.00. The van der Waals surface area contributed by atoms with E-state index in [0.29, 0.717) is 0 Å². The van der Waals surface area contributed by atoms with E-state index in [9.17, 15) is 0 Å². The molecule has 0 bridgehead atoms. The van der Waals surface area contributed by atoms with Crippen molar-refractivity contribution in [2.24, 2.45) is 0 Å². The van der Waals surface area contributed by atoms with E-state index < -0.39 is 0 Å². The maximum absolute atomic E-state index is 5.34. The van der Waals surface area contributed by atoms with Crippen molar-refractivity contribution in [3.63, 3.8) is 0 Å². The van der Waals surface area contributed by atoms with Crippen molar-refractivity contribution in [2.75, 3.05) is 33.2 Å². The summed E-state index contributed by atoms with van der Waals surface area (Å²) in [5.41, 5.74) is 2.03. The maximum Gasteiger partial charge on any atom is 0.160 e. The van der Waals surface area contributed by atoms with E-state index in [1.54, 1.807) is 27.7 Å². The first-order chi connectivity index (χ1) is 12.2. The summed E-state index contributed by atoms with van der Waals surface area (Å²) < 4.78 is 15.9. The highest BCUT2D eigenvalue weighted by Gasteiger charge is 2.07. The van der Waals surface area contributed by atoms with Crippen molar-refractivity contribution in [1.29, 1.82) is 0 Å². The zero-order chi connectivity index (χ0) is 17.6. The molecule has 0 saturated carbocycles. The van der Waals surface area contributed by atoms with Crippen LogP contribution >= 0.6 is 0 Å². The largest absolute Gasteiger partial charge is 0.497 e. The van der Waals surface area contributed by atoms with Crippen LogP contribution in [0, 0.1) is 0 Å². The molecule has 130 valence electrons. The molecule has 2 aromatic carbocycles. The Morgan fingerprint density at radius 1 is 0.880 bits per heavy atom. The average molecular weight is 339 g/mol. The van der Waals surface area contributed by atoms with Crippen LogP contribution in [0.4, 0.5) is 5.82 Å². The van der Waals surface area contributed by atoms with Crippen molar-refractivity contribution in [2.45, 2.75) is 6.42 Å². The molecule has 0 spiro atoms. The van der Waals surface area contributed by atoms with Gasteiger partial charge in [-0.1, -0.05) is 6.07 Å². The Morgan fingerprint density at radius 2 is 1.72 bits per heavy atom. The minimum Gasteiger partial charge on any atom is -0.497 e. The number of nitrogens with zero attached hydrogens (tertiary/aromatic N) is 2. The zero-order valence-electron chi connectivity index (χ0n) is 14.6. The summed E-state index contributed by atoms with van der Waals surface area (Å²) in [6.07, 6.45) is 2.39. The van der Waals surface area contributed by atoms with Crippen LogP contribution in [-0.2, 0) is 6.42 Å². The molecular weight excluding hydrogens is 318 g/mol. The summed E-state index contributed by atoms with van der Waals surface area (Å²) in [6.45, 7) is 0.735. The number of aromatic nitrogens is 2. The van der Waals surface area contributed by atoms with Gasteiger partial charge in [0.2, 0.25) is 0 Å². The Kier molecular flexibility index (Phi) is 5.18. The van der Waals surface area contributed by atoms with Gasteiger partial charge < -0.3 is 19.5 Å². The van der Waals surface area contributed by atoms with Crippen LogP contribution in [0.2, 0.25) is 0 Å². The third-order valence-electron chi connectivity index (χ3n) is 4.00. The smallest absolute Gasteiger partial charge is 0.160 e. The molecule has 1 aromatic heterocycles. The number of nitrogens with one attached hydrogen (secondary N) is 1. The predicted octanol–water partition coefficient (Wildman–Crippen LogP) is 3.31. The fourth-order valence-electron chi connectivity index (χ4n) is 2.66. The fraction of sp³-hybridized carbons (Fsp3) is 0.263. The topological polar surface area (TPSA) is 65.5 Å². The van der Waals surface area contributed by atoms with E-state index in [1.807, 2.05) is 36.4 Å². The first-order valence-corrected chi connectivity index (χ1v) is 7.98. The highest BCUT2D eigenvalue weighted by atomic mass is 16.5. The standard InChI is InChI=1S/C19H21N3O3/c1-23-14-5-6-16-15(11-14)19(22-12-21-16)20-9-8-13-4-7-17(24-2)18(10-13)25-3/h4-7,10-12H,8-9H2,1-3H3,(H,20,21,22). The van der Waals surface area contributed by atoms with Crippen molar-refractivity contribution < 1.29 is 14.2 Å². The van der Waals surface area contributed by atoms with Crippen LogP contribution in [0.1, 0.15) is 5.56 Å². The maximum atomic E-state index is 5.34. The fourth-order valence-corrected chi connectivity index (χ4v) is 2.66. The lowest BCUT2D eigenvalue weighted by molar-refractivity contribution is 0.354. The summed E-state index contributed by atoms with van der Waals surface area (Å²) in [7, 11) is 4.92. The Morgan fingerprint density at radius 3 is 2.48 bits per heavy atom. The van der Waals surface area contributed by atoms with Gasteiger partial charge in [0, 0.05) is 11.9 Å². The molecule has 0 unspecified atom stereocenters. The van der Waals surface area contributed by atoms with Gasteiger partial charge in [0.15, 0.2) is 11.5 Å². The SMILES string of the molecule is COc1ccc2ncnc(NCCc3ccc(OC)c(OC)c3)c2c1. The second-order valence-corrected chi connectivity index (χ2v) is 5.47. The van der Waals surface area contributed by atoms with Gasteiger partial charge in [0.05, 0.1) is 26.8 Å². The first kappa shape index (κ1) is 16.8. The number of hydrogen-bond donors (Lipinski definition) is 1. The van der Waals surface area contributed by atoms with Crippen LogP contribution in [0.25, 0.3) is 10.9 Å². The van der Waals surface area contributed by atoms with Crippen LogP contribution < -0.4 is 19.5 Å². The van der Waals surface area contributed by atoms with Crippen LogP contribution in [0.15, 0.2) is 42.7 Å². The lowest BCUT2D eigenvalue weighted by atomic mass is 10.1. The Hall–Kier alpha value is -3.02. The lowest BCUT2D eigenvalue weighted by Gasteiger charge is -2.11. The molecule has 6 heteroatoms. The van der Waals surface area contributed by atoms with E-state index in [1.165, 1.54) is 0 Å². The van der Waals surface area contributed by atoms with Gasteiger partial charge in [-0.05, 0) is 42.3 Å². The lowest BCUT2D eigenvalue weighted by Crippen LogP contribution is -2.07. The molecule has 0 atom stereocenters. The highest BCUT2D eigenvalue weighted by molar-refractivity contribution is 5.89. The van der Waals surface area contributed by atoms with Crippen molar-refractivity contribution in [3.8, 4) is 17.2 Å². The van der Waals surface area contributed by atoms with E-state index in [4.69, 9.17) is 14.2 Å². The summed E-state index contributed by atoms with van der Waals surface area (Å²) in [4.78, 5) is 8.64. The molecule has 25 heavy (non-hydrogen) atoms. The Bertz CT molecular complexity index is 868. The third kappa shape index (κ3) is 3.74. The second kappa shape index (κ2) is 7.70. The Labute approximate surface area is 146 Å². The van der Waals surface area contributed by atoms with Crippen LogP contribution in [-0.4, -0.2) is 37.8 Å². The molecule has 0 amide bonds. The zero-order valence-corrected chi connectivity index (χ0v) is 14.6. The highest BCUT2D eigenvalue weighted by Crippen LogP contribution is 2.28. The molecule has 6 nitrogen and oxygen atoms in total. The monoisotopic (exact) mass is 339 g/mol. The van der Waals surface area contributed by atoms with Crippen LogP contribution in [0.5, 0.6) is 17.2 Å². The van der Waals surface area contributed by atoms with E-state index in [2.05, 4.69) is 15.3 Å². The van der Waals surface area contributed by atoms with E-state index in [0.717, 1.165) is 52.5 Å². The first-order valence-electron chi connectivity index (χ1n) is 7.98. The minimum absolute atomic E-state index is 0.730. The van der Waals surface area contributed by atoms with Gasteiger partial charge in [-0.3, -0.25) is 0 Å². The molecule has 3 aromatic rings. The summed E-state index contributed by atoms with van der Waals surface area (Å²) >= 11 is 0. The van der Waals surface area contributed by atoms with Crippen LogP contribution in [0.3, 0.4) is 0 Å². The predicted molar refractivity (Wildman–Crippen MR) is 97.8 cm³/mol. The van der Waals surface area contributed by atoms with Gasteiger partial charge in [0.25, 0.3) is 0 Å². The molecule has 1 heterocycles. The van der Waals surface area contributed by atoms with E-state index >= 15 is 0 Å². The van der Waals surface area contributed by atoms with Gasteiger partial charge in [-0.2, -0.15) is 0 Å². The second-order valence-electron chi connectivity index (χ2n) is 5.47. The van der Waals surface area contributed by atoms with Gasteiger partial charge in [-0.15, -0.1) is 0 Å². The van der Waals surface area contributed by atoms with Gasteiger partial charge >= 0.3 is 0 Å². The normalized spacial score (nSPS) is 10.5. The van der Waals surface area contributed by atoms with Gasteiger partial charge in [0.1, 0.15) is 17.9 Å². The number of fused-ring (bicyclic) bond motifs is 1. The molecule has 0 aliphatic heterocycles. The Balaban J connectivity index is 1.73. The summed E-state index contributed by atoms with van der Waals surface area (Å²) in [5.74, 6) is 3.04. The molecule has 0 fully saturated rings. The number of hydrogen-bond acceptors (Lipinski definition) is 6.